The van der Waals surface area contributed by atoms with E-state index in [0.29, 0.717) is 16.6 Å². The first kappa shape index (κ1) is 18.0. The van der Waals surface area contributed by atoms with Crippen LogP contribution >= 0.6 is 0 Å². The molecular weight excluding hydrogens is 354 g/mol. The Labute approximate surface area is 151 Å². The summed E-state index contributed by atoms with van der Waals surface area (Å²) in [6, 6.07) is 13.5. The summed E-state index contributed by atoms with van der Waals surface area (Å²) in [4.78, 5) is 20.7. The maximum atomic E-state index is 12.2. The van der Waals surface area contributed by atoms with Crippen LogP contribution in [0.25, 0.3) is 11.0 Å². The number of sulfonamides is 1. The number of benzene rings is 2. The van der Waals surface area contributed by atoms with Gasteiger partial charge < -0.3 is 4.74 Å². The molecule has 1 aromatic heterocycles. The lowest BCUT2D eigenvalue weighted by Crippen LogP contribution is -2.22. The number of hydrogen-bond acceptors (Lipinski definition) is 6. The van der Waals surface area contributed by atoms with E-state index in [9.17, 15) is 13.2 Å². The van der Waals surface area contributed by atoms with Crippen molar-refractivity contribution in [2.24, 2.45) is 0 Å². The summed E-state index contributed by atoms with van der Waals surface area (Å²) in [5.74, 6) is -0.621. The summed E-state index contributed by atoms with van der Waals surface area (Å²) in [5, 5.41) is 0. The smallest absolute Gasteiger partial charge is 0.358 e. The number of hydrogen-bond donors (Lipinski definition) is 0. The topological polar surface area (TPSA) is 89.5 Å². The largest absolute Gasteiger partial charge is 0.456 e. The molecule has 26 heavy (non-hydrogen) atoms. The van der Waals surface area contributed by atoms with Crippen molar-refractivity contribution in [2.45, 2.75) is 11.5 Å². The molecule has 2 aromatic carbocycles. The third-order valence-electron chi connectivity index (χ3n) is 3.70. The van der Waals surface area contributed by atoms with Gasteiger partial charge in [-0.2, -0.15) is 0 Å². The van der Waals surface area contributed by atoms with Crippen LogP contribution in [-0.4, -0.2) is 42.8 Å². The Hall–Kier alpha value is -2.84. The Balaban J connectivity index is 1.75. The fourth-order valence-electron chi connectivity index (χ4n) is 2.28. The molecule has 0 unspecified atom stereocenters. The van der Waals surface area contributed by atoms with Gasteiger partial charge in [-0.25, -0.2) is 22.5 Å². The van der Waals surface area contributed by atoms with Crippen LogP contribution < -0.4 is 0 Å². The van der Waals surface area contributed by atoms with Gasteiger partial charge in [-0.3, -0.25) is 4.98 Å². The maximum absolute atomic E-state index is 12.2. The number of para-hydroxylation sites is 2. The molecule has 0 radical (unpaired) electrons. The van der Waals surface area contributed by atoms with E-state index in [4.69, 9.17) is 4.74 Å². The molecule has 0 aliphatic heterocycles. The van der Waals surface area contributed by atoms with E-state index in [1.165, 1.54) is 32.4 Å². The zero-order valence-corrected chi connectivity index (χ0v) is 15.1. The summed E-state index contributed by atoms with van der Waals surface area (Å²) in [6.45, 7) is -0.0653. The molecule has 0 fully saturated rings. The molecule has 3 aromatic rings. The van der Waals surface area contributed by atoms with Crippen molar-refractivity contribution in [3.63, 3.8) is 0 Å². The van der Waals surface area contributed by atoms with Crippen LogP contribution in [0.2, 0.25) is 0 Å². The third kappa shape index (κ3) is 3.71. The number of ether oxygens (including phenoxy) is 1. The van der Waals surface area contributed by atoms with Crippen molar-refractivity contribution in [1.82, 2.24) is 14.3 Å². The Kier molecular flexibility index (Phi) is 4.97. The van der Waals surface area contributed by atoms with Gasteiger partial charge in [-0.1, -0.05) is 24.3 Å². The SMILES string of the molecule is CN(C)S(=O)(=O)c1cccc(COC(=O)c2cnc3ccccc3n2)c1. The first-order valence-electron chi connectivity index (χ1n) is 7.78. The van der Waals surface area contributed by atoms with Crippen LogP contribution in [-0.2, 0) is 21.4 Å². The van der Waals surface area contributed by atoms with Crippen LogP contribution in [0.5, 0.6) is 0 Å². The number of aromatic nitrogens is 2. The standard InChI is InChI=1S/C18H17N3O4S/c1-21(2)26(23,24)14-7-5-6-13(10-14)12-25-18(22)17-11-19-15-8-3-4-9-16(15)20-17/h3-11H,12H2,1-2H3. The summed E-state index contributed by atoms with van der Waals surface area (Å²) >= 11 is 0. The Bertz CT molecular complexity index is 1060. The molecule has 0 aliphatic rings. The third-order valence-corrected chi connectivity index (χ3v) is 5.52. The van der Waals surface area contributed by atoms with E-state index in [0.717, 1.165) is 4.31 Å². The molecular formula is C18H17N3O4S. The predicted octanol–water partition coefficient (Wildman–Crippen LogP) is 2.24. The number of carbonyl (C=O) groups excluding carboxylic acids is 1. The fourth-order valence-corrected chi connectivity index (χ4v) is 3.26. The summed E-state index contributed by atoms with van der Waals surface area (Å²) in [6.07, 6.45) is 1.36. The van der Waals surface area contributed by atoms with Gasteiger partial charge >= 0.3 is 5.97 Å². The number of nitrogens with zero attached hydrogens (tertiary/aromatic N) is 3. The lowest BCUT2D eigenvalue weighted by atomic mass is 10.2. The lowest BCUT2D eigenvalue weighted by molar-refractivity contribution is 0.0465. The average molecular weight is 371 g/mol. The molecule has 7 nitrogen and oxygen atoms in total. The zero-order valence-electron chi connectivity index (χ0n) is 14.3. The van der Waals surface area contributed by atoms with Gasteiger partial charge in [0.25, 0.3) is 0 Å². The number of rotatable bonds is 5. The number of fused-ring (bicyclic) bond motifs is 1. The van der Waals surface area contributed by atoms with Gasteiger partial charge in [0, 0.05) is 14.1 Å². The van der Waals surface area contributed by atoms with Gasteiger partial charge in [-0.05, 0) is 29.8 Å². The van der Waals surface area contributed by atoms with E-state index in [2.05, 4.69) is 9.97 Å². The fraction of sp³-hybridized carbons (Fsp3) is 0.167. The second-order valence-corrected chi connectivity index (χ2v) is 7.91. The Morgan fingerprint density at radius 2 is 1.81 bits per heavy atom. The highest BCUT2D eigenvalue weighted by atomic mass is 32.2. The zero-order chi connectivity index (χ0) is 18.7. The van der Waals surface area contributed by atoms with Crippen molar-refractivity contribution in [3.05, 3.63) is 66.0 Å². The second kappa shape index (κ2) is 7.19. The van der Waals surface area contributed by atoms with Gasteiger partial charge in [0.05, 0.1) is 22.1 Å². The van der Waals surface area contributed by atoms with Crippen LogP contribution in [0.15, 0.2) is 59.6 Å². The van der Waals surface area contributed by atoms with Gasteiger partial charge in [0.15, 0.2) is 5.69 Å². The molecule has 3 rings (SSSR count). The Morgan fingerprint density at radius 1 is 1.08 bits per heavy atom. The highest BCUT2D eigenvalue weighted by Crippen LogP contribution is 2.16. The van der Waals surface area contributed by atoms with E-state index in [1.807, 2.05) is 12.1 Å². The van der Waals surface area contributed by atoms with Crippen molar-refractivity contribution < 1.29 is 17.9 Å². The van der Waals surface area contributed by atoms with E-state index >= 15 is 0 Å². The molecule has 0 saturated heterocycles. The predicted molar refractivity (Wildman–Crippen MR) is 96.0 cm³/mol. The van der Waals surface area contributed by atoms with Crippen molar-refractivity contribution in [3.8, 4) is 0 Å². The molecule has 0 spiro atoms. The summed E-state index contributed by atoms with van der Waals surface area (Å²) < 4.78 is 30.7. The molecule has 0 amide bonds. The van der Waals surface area contributed by atoms with Crippen LogP contribution in [0.4, 0.5) is 0 Å². The van der Waals surface area contributed by atoms with Gasteiger partial charge in [0.1, 0.15) is 6.61 Å². The quantitative estimate of drug-likeness (QED) is 0.639. The van der Waals surface area contributed by atoms with E-state index < -0.39 is 16.0 Å². The second-order valence-electron chi connectivity index (χ2n) is 5.75. The van der Waals surface area contributed by atoms with Gasteiger partial charge in [0.2, 0.25) is 10.0 Å². The molecule has 0 N–H and O–H groups in total. The molecule has 8 heteroatoms. The van der Waals surface area contributed by atoms with Crippen LogP contribution in [0, 0.1) is 0 Å². The maximum Gasteiger partial charge on any atom is 0.358 e. The normalized spacial score (nSPS) is 11.7. The molecule has 0 bridgehead atoms. The summed E-state index contributed by atoms with van der Waals surface area (Å²) in [7, 11) is -0.626. The highest BCUT2D eigenvalue weighted by molar-refractivity contribution is 7.89. The number of carbonyl (C=O) groups is 1. The summed E-state index contributed by atoms with van der Waals surface area (Å²) in [5.41, 5.74) is 1.95. The minimum Gasteiger partial charge on any atom is -0.456 e. The monoisotopic (exact) mass is 371 g/mol. The van der Waals surface area contributed by atoms with Crippen molar-refractivity contribution in [1.29, 1.82) is 0 Å². The minimum absolute atomic E-state index is 0.0653. The Morgan fingerprint density at radius 3 is 2.54 bits per heavy atom. The van der Waals surface area contributed by atoms with Crippen molar-refractivity contribution >= 4 is 27.0 Å². The van der Waals surface area contributed by atoms with Crippen molar-refractivity contribution in [2.75, 3.05) is 14.1 Å². The molecule has 0 atom stereocenters. The average Bonchev–Trinajstić information content (AvgIpc) is 2.65. The van der Waals surface area contributed by atoms with Gasteiger partial charge in [-0.15, -0.1) is 0 Å². The first-order chi connectivity index (χ1) is 12.4. The number of esters is 1. The van der Waals surface area contributed by atoms with E-state index in [-0.39, 0.29) is 17.2 Å². The molecule has 0 aliphatic carbocycles. The molecule has 1 heterocycles. The highest BCUT2D eigenvalue weighted by Gasteiger charge is 2.18. The minimum atomic E-state index is -3.54. The van der Waals surface area contributed by atoms with E-state index in [1.54, 1.807) is 24.3 Å². The van der Waals surface area contributed by atoms with Crippen LogP contribution in [0.3, 0.4) is 0 Å². The molecule has 0 saturated carbocycles. The lowest BCUT2D eigenvalue weighted by Gasteiger charge is -2.12. The van der Waals surface area contributed by atoms with Crippen LogP contribution in [0.1, 0.15) is 16.1 Å². The molecule has 134 valence electrons. The first-order valence-corrected chi connectivity index (χ1v) is 9.22.